The molecule has 1 aromatic heterocycles. The first-order valence-corrected chi connectivity index (χ1v) is 9.76. The number of hydrogen-bond donors (Lipinski definition) is 0. The van der Waals surface area contributed by atoms with E-state index < -0.39 is 12.2 Å². The van der Waals surface area contributed by atoms with E-state index in [-0.39, 0.29) is 12.4 Å². The Morgan fingerprint density at radius 3 is 2.71 bits per heavy atom. The van der Waals surface area contributed by atoms with Gasteiger partial charge in [0, 0.05) is 22.3 Å². The van der Waals surface area contributed by atoms with Crippen molar-refractivity contribution >= 4 is 40.8 Å². The highest BCUT2D eigenvalue weighted by Gasteiger charge is 2.33. The van der Waals surface area contributed by atoms with Crippen LogP contribution in [0.25, 0.3) is 5.69 Å². The Balaban J connectivity index is 1.93. The van der Waals surface area contributed by atoms with Crippen molar-refractivity contribution in [1.29, 1.82) is 0 Å². The maximum Gasteiger partial charge on any atom is 0.308 e. The Bertz CT molecular complexity index is 1050. The van der Waals surface area contributed by atoms with Gasteiger partial charge in [0.1, 0.15) is 12.2 Å². The first kappa shape index (κ1) is 19.3. The summed E-state index contributed by atoms with van der Waals surface area (Å²) < 4.78 is 13.3. The van der Waals surface area contributed by atoms with Crippen molar-refractivity contribution in [3.05, 3.63) is 86.6 Å². The van der Waals surface area contributed by atoms with Crippen LogP contribution in [-0.2, 0) is 14.3 Å². The summed E-state index contributed by atoms with van der Waals surface area (Å²) in [5.41, 5.74) is 3.28. The molecule has 1 aliphatic heterocycles. The van der Waals surface area contributed by atoms with Gasteiger partial charge in [0.25, 0.3) is 0 Å². The van der Waals surface area contributed by atoms with E-state index in [1.807, 2.05) is 53.2 Å². The summed E-state index contributed by atoms with van der Waals surface area (Å²) in [4.78, 5) is 12.0. The van der Waals surface area contributed by atoms with Gasteiger partial charge in [0.15, 0.2) is 0 Å². The molecular weight excluding hydrogens is 421 g/mol. The number of aromatic nitrogens is 1. The third-order valence-electron chi connectivity index (χ3n) is 4.79. The summed E-state index contributed by atoms with van der Waals surface area (Å²) in [6.07, 6.45) is 0.900. The molecule has 2 atom stereocenters. The summed E-state index contributed by atoms with van der Waals surface area (Å²) in [5, 5.41) is 1.41. The minimum absolute atomic E-state index is 0.0664. The second kappa shape index (κ2) is 7.80. The lowest BCUT2D eigenvalue weighted by Crippen LogP contribution is -2.15. The van der Waals surface area contributed by atoms with Gasteiger partial charge in [0.2, 0.25) is 0 Å². The van der Waals surface area contributed by atoms with Crippen LogP contribution in [-0.4, -0.2) is 17.6 Å². The van der Waals surface area contributed by atoms with Crippen LogP contribution in [0.4, 0.5) is 0 Å². The van der Waals surface area contributed by atoms with Crippen molar-refractivity contribution in [1.82, 2.24) is 4.57 Å². The Kier molecular flexibility index (Phi) is 5.39. The lowest BCUT2D eigenvalue weighted by molar-refractivity contribution is -0.145. The molecule has 0 saturated heterocycles. The van der Waals surface area contributed by atoms with E-state index in [0.29, 0.717) is 20.6 Å². The second-order valence-corrected chi connectivity index (χ2v) is 7.66. The van der Waals surface area contributed by atoms with Crippen molar-refractivity contribution in [2.45, 2.75) is 18.6 Å². The minimum atomic E-state index is -0.561. The molecule has 0 fully saturated rings. The van der Waals surface area contributed by atoms with Gasteiger partial charge >= 0.3 is 5.97 Å². The molecule has 2 heterocycles. The molecule has 144 valence electrons. The lowest BCUT2D eigenvalue weighted by atomic mass is 9.99. The van der Waals surface area contributed by atoms with Crippen LogP contribution < -0.4 is 0 Å². The van der Waals surface area contributed by atoms with Crippen LogP contribution >= 0.6 is 34.8 Å². The fraction of sp³-hybridized carbons (Fsp3) is 0.190. The van der Waals surface area contributed by atoms with E-state index in [9.17, 15) is 4.79 Å². The number of fused-ring (bicyclic) bond motifs is 3. The topological polar surface area (TPSA) is 40.5 Å². The summed E-state index contributed by atoms with van der Waals surface area (Å²) in [5.74, 6) is -0.363. The van der Waals surface area contributed by atoms with Gasteiger partial charge in [-0.1, -0.05) is 46.9 Å². The van der Waals surface area contributed by atoms with Crippen LogP contribution in [0.2, 0.25) is 15.1 Å². The fourth-order valence-electron chi connectivity index (χ4n) is 3.49. The average Bonchev–Trinajstić information content (AvgIpc) is 3.13. The average molecular weight is 437 g/mol. The van der Waals surface area contributed by atoms with E-state index in [4.69, 9.17) is 44.3 Å². The molecule has 0 N–H and O–H groups in total. The van der Waals surface area contributed by atoms with Crippen molar-refractivity contribution < 1.29 is 14.3 Å². The highest BCUT2D eigenvalue weighted by atomic mass is 35.5. The van der Waals surface area contributed by atoms with Crippen molar-refractivity contribution in [3.8, 4) is 5.69 Å². The van der Waals surface area contributed by atoms with Gasteiger partial charge in [-0.25, -0.2) is 0 Å². The number of methoxy groups -OCH3 is 1. The van der Waals surface area contributed by atoms with Crippen molar-refractivity contribution in [3.63, 3.8) is 0 Å². The monoisotopic (exact) mass is 435 g/mol. The Morgan fingerprint density at radius 1 is 1.11 bits per heavy atom. The van der Waals surface area contributed by atoms with Crippen LogP contribution in [0, 0.1) is 0 Å². The van der Waals surface area contributed by atoms with Gasteiger partial charge in [0.05, 0.1) is 35.0 Å². The van der Waals surface area contributed by atoms with Gasteiger partial charge in [-0.2, -0.15) is 0 Å². The third-order valence-corrected chi connectivity index (χ3v) is 5.85. The summed E-state index contributed by atoms with van der Waals surface area (Å²) in [6.45, 7) is 0. The summed E-state index contributed by atoms with van der Waals surface area (Å²) in [6, 6.07) is 14.8. The van der Waals surface area contributed by atoms with Crippen LogP contribution in [0.5, 0.6) is 0 Å². The molecule has 0 aliphatic carbocycles. The highest BCUT2D eigenvalue weighted by Crippen LogP contribution is 2.44. The third kappa shape index (κ3) is 3.42. The van der Waals surface area contributed by atoms with Crippen molar-refractivity contribution in [2.75, 3.05) is 7.11 Å². The Morgan fingerprint density at radius 2 is 1.93 bits per heavy atom. The van der Waals surface area contributed by atoms with Gasteiger partial charge < -0.3 is 14.0 Å². The van der Waals surface area contributed by atoms with Crippen molar-refractivity contribution in [2.24, 2.45) is 0 Å². The molecule has 7 heteroatoms. The first-order chi connectivity index (χ1) is 13.5. The number of rotatable bonds is 3. The molecule has 3 aromatic rings. The maximum atomic E-state index is 12.0. The fourth-order valence-corrected chi connectivity index (χ4v) is 4.08. The van der Waals surface area contributed by atoms with E-state index in [2.05, 4.69) is 0 Å². The molecule has 2 aromatic carbocycles. The highest BCUT2D eigenvalue weighted by molar-refractivity contribution is 6.42. The smallest absolute Gasteiger partial charge is 0.308 e. The second-order valence-electron chi connectivity index (χ2n) is 6.43. The largest absolute Gasteiger partial charge is 0.469 e. The summed E-state index contributed by atoms with van der Waals surface area (Å²) >= 11 is 19.1. The molecule has 1 aliphatic rings. The first-order valence-electron chi connectivity index (χ1n) is 8.63. The number of hydrogen-bond acceptors (Lipinski definition) is 3. The molecule has 0 saturated carbocycles. The van der Waals surface area contributed by atoms with Gasteiger partial charge in [-0.15, -0.1) is 0 Å². The molecule has 4 nitrogen and oxygen atoms in total. The number of ether oxygens (including phenoxy) is 2. The molecule has 0 radical (unpaired) electrons. The lowest BCUT2D eigenvalue weighted by Gasteiger charge is -2.24. The molecule has 0 bridgehead atoms. The predicted octanol–water partition coefficient (Wildman–Crippen LogP) is 6.16. The number of nitrogens with zero attached hydrogens (tertiary/aromatic N) is 1. The molecular formula is C21H16Cl3NO3. The standard InChI is InChI=1S/C21H16Cl3NO3/c1-27-19(26)11-18-17-6-3-9-25(17)16-8-7-12(22)10-14(16)21(28-18)13-4-2-5-15(23)20(13)24/h2-10,18,21H,11H2,1H3/t18-,21-/m1/s1. The summed E-state index contributed by atoms with van der Waals surface area (Å²) in [7, 11) is 1.36. The zero-order valence-corrected chi connectivity index (χ0v) is 17.1. The molecule has 0 amide bonds. The molecule has 0 unspecified atom stereocenters. The molecule has 0 spiro atoms. The zero-order chi connectivity index (χ0) is 19.8. The quantitative estimate of drug-likeness (QED) is 0.462. The van der Waals surface area contributed by atoms with Crippen LogP contribution in [0.3, 0.4) is 0 Å². The van der Waals surface area contributed by atoms with E-state index >= 15 is 0 Å². The van der Waals surface area contributed by atoms with E-state index in [0.717, 1.165) is 16.9 Å². The maximum absolute atomic E-state index is 12.0. The number of carbonyl (C=O) groups excluding carboxylic acids is 1. The van der Waals surface area contributed by atoms with Gasteiger partial charge in [-0.05, 0) is 36.4 Å². The molecule has 28 heavy (non-hydrogen) atoms. The number of halogens is 3. The number of carbonyl (C=O) groups is 1. The zero-order valence-electron chi connectivity index (χ0n) is 14.9. The number of esters is 1. The SMILES string of the molecule is COC(=O)C[C@H]1O[C@H](c2cccc(Cl)c2Cl)c2cc(Cl)ccc2-n2cccc21. The van der Waals surface area contributed by atoms with E-state index in [1.165, 1.54) is 7.11 Å². The van der Waals surface area contributed by atoms with Crippen LogP contribution in [0.15, 0.2) is 54.7 Å². The van der Waals surface area contributed by atoms with E-state index in [1.54, 1.807) is 6.07 Å². The Labute approximate surface area is 177 Å². The van der Waals surface area contributed by atoms with Gasteiger partial charge in [-0.3, -0.25) is 4.79 Å². The predicted molar refractivity (Wildman–Crippen MR) is 110 cm³/mol. The minimum Gasteiger partial charge on any atom is -0.469 e. The molecule has 4 rings (SSSR count). The van der Waals surface area contributed by atoms with Crippen LogP contribution in [0.1, 0.15) is 35.4 Å². The number of benzene rings is 2. The Hall–Kier alpha value is -1.98. The normalized spacial score (nSPS) is 18.1.